The van der Waals surface area contributed by atoms with Crippen LogP contribution < -0.4 is 0 Å². The highest BCUT2D eigenvalue weighted by atomic mass is 16.3. The summed E-state index contributed by atoms with van der Waals surface area (Å²) in [6.07, 6.45) is 5.37. The molecule has 0 saturated carbocycles. The molecule has 2 radical (unpaired) electrons. The van der Waals surface area contributed by atoms with Crippen molar-refractivity contribution in [1.29, 1.82) is 0 Å². The van der Waals surface area contributed by atoms with Crippen molar-refractivity contribution in [2.45, 2.75) is 12.8 Å². The Labute approximate surface area is 142 Å². The Morgan fingerprint density at radius 1 is 0.667 bits per heavy atom. The molecule has 3 aromatic carbocycles. The Morgan fingerprint density at radius 2 is 1.33 bits per heavy atom. The minimum atomic E-state index is 0.846. The number of aryl methyl sites for hydroxylation is 2. The van der Waals surface area contributed by atoms with Crippen LogP contribution in [0.1, 0.15) is 22.5 Å². The standard InChI is InChI=1S/C23H18O/c1-3-9-18(10-4-1)15-16-21-20-13-7-8-14-22(20)24-23(21)17-19-11-5-2-6-12-19/h1-14H,15-16H2. The zero-order valence-corrected chi connectivity index (χ0v) is 13.4. The summed E-state index contributed by atoms with van der Waals surface area (Å²) in [6, 6.07) is 29.0. The van der Waals surface area contributed by atoms with E-state index in [-0.39, 0.29) is 0 Å². The van der Waals surface area contributed by atoms with Gasteiger partial charge in [-0.25, -0.2) is 0 Å². The molecule has 0 aliphatic carbocycles. The third-order valence-electron chi connectivity index (χ3n) is 4.24. The first kappa shape index (κ1) is 14.8. The fourth-order valence-electron chi connectivity index (χ4n) is 3.01. The highest BCUT2D eigenvalue weighted by Crippen LogP contribution is 2.29. The summed E-state index contributed by atoms with van der Waals surface area (Å²) in [7, 11) is 0. The SMILES string of the molecule is [C](c1ccccc1)c1oc2ccccc2c1CCc1ccccc1. The number of hydrogen-bond donors (Lipinski definition) is 0. The van der Waals surface area contributed by atoms with E-state index >= 15 is 0 Å². The predicted molar refractivity (Wildman–Crippen MR) is 98.0 cm³/mol. The molecule has 4 rings (SSSR count). The largest absolute Gasteiger partial charge is 0.460 e. The Hall–Kier alpha value is -2.80. The summed E-state index contributed by atoms with van der Waals surface area (Å²) >= 11 is 0. The van der Waals surface area contributed by atoms with Gasteiger partial charge in [-0.15, -0.1) is 0 Å². The van der Waals surface area contributed by atoms with Gasteiger partial charge in [-0.3, -0.25) is 0 Å². The Morgan fingerprint density at radius 3 is 2.12 bits per heavy atom. The molecular formula is C23H18O. The van der Waals surface area contributed by atoms with E-state index in [0.29, 0.717) is 0 Å². The minimum absolute atomic E-state index is 0.846. The molecule has 24 heavy (non-hydrogen) atoms. The van der Waals surface area contributed by atoms with Crippen LogP contribution >= 0.6 is 0 Å². The van der Waals surface area contributed by atoms with Gasteiger partial charge in [0.05, 0.1) is 6.42 Å². The second kappa shape index (κ2) is 6.76. The van der Waals surface area contributed by atoms with E-state index in [9.17, 15) is 0 Å². The molecule has 0 spiro atoms. The van der Waals surface area contributed by atoms with Gasteiger partial charge in [0.2, 0.25) is 0 Å². The predicted octanol–water partition coefficient (Wildman–Crippen LogP) is 5.70. The third-order valence-corrected chi connectivity index (χ3v) is 4.24. The lowest BCUT2D eigenvalue weighted by Gasteiger charge is -2.04. The molecule has 1 aromatic heterocycles. The average molecular weight is 310 g/mol. The molecule has 4 aromatic rings. The molecular weight excluding hydrogens is 292 g/mol. The van der Waals surface area contributed by atoms with Crippen LogP contribution in [0.25, 0.3) is 11.0 Å². The molecule has 0 aliphatic heterocycles. The molecule has 0 N–H and O–H groups in total. The summed E-state index contributed by atoms with van der Waals surface area (Å²) in [6.45, 7) is 0. The van der Waals surface area contributed by atoms with Crippen LogP contribution in [-0.2, 0) is 12.8 Å². The molecule has 1 heterocycles. The number of furan rings is 1. The highest BCUT2D eigenvalue weighted by Gasteiger charge is 2.15. The van der Waals surface area contributed by atoms with E-state index in [1.165, 1.54) is 16.5 Å². The second-order valence-electron chi connectivity index (χ2n) is 5.88. The molecule has 116 valence electrons. The maximum absolute atomic E-state index is 6.08. The van der Waals surface area contributed by atoms with E-state index < -0.39 is 0 Å². The van der Waals surface area contributed by atoms with E-state index in [2.05, 4.69) is 48.9 Å². The van der Waals surface area contributed by atoms with Crippen molar-refractivity contribution in [1.82, 2.24) is 0 Å². The molecule has 1 heteroatoms. The van der Waals surface area contributed by atoms with Gasteiger partial charge in [-0.05, 0) is 30.0 Å². The number of rotatable bonds is 5. The van der Waals surface area contributed by atoms with E-state index in [0.717, 1.165) is 29.7 Å². The van der Waals surface area contributed by atoms with E-state index in [1.807, 2.05) is 42.5 Å². The van der Waals surface area contributed by atoms with Gasteiger partial charge in [-0.2, -0.15) is 0 Å². The van der Waals surface area contributed by atoms with Gasteiger partial charge in [0, 0.05) is 10.9 Å². The zero-order chi connectivity index (χ0) is 16.2. The second-order valence-corrected chi connectivity index (χ2v) is 5.88. The molecule has 0 fully saturated rings. The fraction of sp³-hybridized carbons (Fsp3) is 0.0870. The summed E-state index contributed by atoms with van der Waals surface area (Å²) in [5.41, 5.74) is 4.54. The Balaban J connectivity index is 1.67. The van der Waals surface area contributed by atoms with Crippen LogP contribution in [-0.4, -0.2) is 0 Å². The fourth-order valence-corrected chi connectivity index (χ4v) is 3.01. The molecule has 1 nitrogen and oxygen atoms in total. The van der Waals surface area contributed by atoms with Crippen molar-refractivity contribution >= 4 is 11.0 Å². The van der Waals surface area contributed by atoms with Gasteiger partial charge in [-0.1, -0.05) is 78.9 Å². The molecule has 0 unspecified atom stereocenters. The van der Waals surface area contributed by atoms with Crippen molar-refractivity contribution in [2.24, 2.45) is 0 Å². The van der Waals surface area contributed by atoms with Crippen molar-refractivity contribution < 1.29 is 4.42 Å². The van der Waals surface area contributed by atoms with Crippen LogP contribution in [0.4, 0.5) is 0 Å². The summed E-state index contributed by atoms with van der Waals surface area (Å²) in [4.78, 5) is 0. The van der Waals surface area contributed by atoms with Crippen molar-refractivity contribution in [3.63, 3.8) is 0 Å². The summed E-state index contributed by atoms with van der Waals surface area (Å²) in [5, 5.41) is 1.19. The van der Waals surface area contributed by atoms with E-state index in [4.69, 9.17) is 4.42 Å². The maximum Gasteiger partial charge on any atom is 0.134 e. The van der Waals surface area contributed by atoms with Crippen molar-refractivity contribution in [3.8, 4) is 0 Å². The Bertz CT molecular complexity index is 920. The number of para-hydroxylation sites is 1. The normalized spacial score (nSPS) is 11.0. The number of benzene rings is 3. The topological polar surface area (TPSA) is 13.1 Å². The first-order chi connectivity index (χ1) is 11.9. The lowest BCUT2D eigenvalue weighted by atomic mass is 9.99. The lowest BCUT2D eigenvalue weighted by Crippen LogP contribution is -1.94. The lowest BCUT2D eigenvalue weighted by molar-refractivity contribution is 0.581. The smallest absolute Gasteiger partial charge is 0.134 e. The van der Waals surface area contributed by atoms with Crippen molar-refractivity contribution in [2.75, 3.05) is 0 Å². The first-order valence-electron chi connectivity index (χ1n) is 8.26. The highest BCUT2D eigenvalue weighted by molar-refractivity contribution is 5.83. The van der Waals surface area contributed by atoms with Crippen LogP contribution in [0, 0.1) is 6.42 Å². The van der Waals surface area contributed by atoms with Crippen LogP contribution in [0.3, 0.4) is 0 Å². The zero-order valence-electron chi connectivity index (χ0n) is 13.4. The maximum atomic E-state index is 6.08. The molecule has 0 atom stereocenters. The average Bonchev–Trinajstić information content (AvgIpc) is 2.99. The number of fused-ring (bicyclic) bond motifs is 1. The Kier molecular flexibility index (Phi) is 4.16. The van der Waals surface area contributed by atoms with Gasteiger partial charge in [0.1, 0.15) is 11.3 Å². The van der Waals surface area contributed by atoms with Gasteiger partial charge in [0.25, 0.3) is 0 Å². The molecule has 0 aliphatic rings. The molecule has 0 amide bonds. The minimum Gasteiger partial charge on any atom is -0.460 e. The van der Waals surface area contributed by atoms with Gasteiger partial charge in [0.15, 0.2) is 0 Å². The first-order valence-corrected chi connectivity index (χ1v) is 8.26. The van der Waals surface area contributed by atoms with Crippen LogP contribution in [0.15, 0.2) is 89.3 Å². The monoisotopic (exact) mass is 310 g/mol. The van der Waals surface area contributed by atoms with Gasteiger partial charge < -0.3 is 4.42 Å². The van der Waals surface area contributed by atoms with Gasteiger partial charge >= 0.3 is 0 Å². The van der Waals surface area contributed by atoms with Crippen LogP contribution in [0.2, 0.25) is 0 Å². The number of hydrogen-bond acceptors (Lipinski definition) is 1. The molecule has 0 bridgehead atoms. The molecule has 0 saturated heterocycles. The third kappa shape index (κ3) is 3.11. The quantitative estimate of drug-likeness (QED) is 0.461. The summed E-state index contributed by atoms with van der Waals surface area (Å²) < 4.78 is 6.08. The van der Waals surface area contributed by atoms with Crippen molar-refractivity contribution in [3.05, 3.63) is 114 Å². The summed E-state index contributed by atoms with van der Waals surface area (Å²) in [5.74, 6) is 0.846. The van der Waals surface area contributed by atoms with E-state index in [1.54, 1.807) is 0 Å². The van der Waals surface area contributed by atoms with Crippen LogP contribution in [0.5, 0.6) is 0 Å².